The second-order valence-electron chi connectivity index (χ2n) is 5.23. The highest BCUT2D eigenvalue weighted by Gasteiger charge is 2.31. The van der Waals surface area contributed by atoms with E-state index in [2.05, 4.69) is 10.0 Å². The van der Waals surface area contributed by atoms with Crippen LogP contribution >= 0.6 is 0 Å². The number of carbonyl (C=O) groups excluding carboxylic acids is 1. The first-order valence-electron chi connectivity index (χ1n) is 7.22. The summed E-state index contributed by atoms with van der Waals surface area (Å²) in [6, 6.07) is 3.28. The molecule has 0 aromatic heterocycles. The summed E-state index contributed by atoms with van der Waals surface area (Å²) in [5.41, 5.74) is 4.31. The predicted molar refractivity (Wildman–Crippen MR) is 82.5 cm³/mol. The van der Waals surface area contributed by atoms with Crippen molar-refractivity contribution in [2.45, 2.75) is 36.9 Å². The van der Waals surface area contributed by atoms with Gasteiger partial charge >= 0.3 is 6.18 Å². The maximum absolute atomic E-state index is 12.6. The van der Waals surface area contributed by atoms with Gasteiger partial charge in [0.15, 0.2) is 0 Å². The van der Waals surface area contributed by atoms with Crippen LogP contribution in [-0.4, -0.2) is 33.5 Å². The lowest BCUT2D eigenvalue weighted by Gasteiger charge is -2.12. The second-order valence-corrected chi connectivity index (χ2v) is 7.00. The summed E-state index contributed by atoms with van der Waals surface area (Å²) in [6.45, 7) is 1.95. The zero-order valence-electron chi connectivity index (χ0n) is 13.1. The molecule has 0 saturated heterocycles. The third-order valence-corrected chi connectivity index (χ3v) is 4.56. The smallest absolute Gasteiger partial charge is 0.352 e. The Balaban J connectivity index is 2.57. The van der Waals surface area contributed by atoms with Crippen molar-refractivity contribution in [3.8, 4) is 0 Å². The van der Waals surface area contributed by atoms with Crippen LogP contribution in [0, 0.1) is 0 Å². The fraction of sp³-hybridized carbons (Fsp3) is 0.500. The van der Waals surface area contributed by atoms with E-state index >= 15 is 0 Å². The molecule has 0 heterocycles. The van der Waals surface area contributed by atoms with Crippen LogP contribution in [-0.2, 0) is 21.0 Å². The zero-order valence-corrected chi connectivity index (χ0v) is 13.9. The Kier molecular flexibility index (Phi) is 7.18. The largest absolute Gasteiger partial charge is 0.416 e. The lowest BCUT2D eigenvalue weighted by molar-refractivity contribution is -0.137. The summed E-state index contributed by atoms with van der Waals surface area (Å²) >= 11 is 0. The first-order valence-corrected chi connectivity index (χ1v) is 8.71. The summed E-state index contributed by atoms with van der Waals surface area (Å²) in [4.78, 5) is 11.0. The van der Waals surface area contributed by atoms with Gasteiger partial charge in [0, 0.05) is 25.6 Å². The van der Waals surface area contributed by atoms with E-state index in [0.717, 1.165) is 18.2 Å². The van der Waals surface area contributed by atoms with Crippen molar-refractivity contribution in [2.24, 2.45) is 5.73 Å². The maximum Gasteiger partial charge on any atom is 0.416 e. The molecule has 1 amide bonds. The summed E-state index contributed by atoms with van der Waals surface area (Å²) in [7, 11) is -4.07. The van der Waals surface area contributed by atoms with E-state index in [1.807, 2.05) is 0 Å². The van der Waals surface area contributed by atoms with Crippen LogP contribution in [0.3, 0.4) is 0 Å². The minimum Gasteiger partial charge on any atom is -0.352 e. The number of hydrogen-bond donors (Lipinski definition) is 3. The van der Waals surface area contributed by atoms with Crippen LogP contribution in [0.25, 0.3) is 0 Å². The van der Waals surface area contributed by atoms with Gasteiger partial charge in [-0.25, -0.2) is 13.1 Å². The van der Waals surface area contributed by atoms with E-state index in [9.17, 15) is 26.4 Å². The first kappa shape index (κ1) is 20.4. The van der Waals surface area contributed by atoms with Crippen LogP contribution in [0.15, 0.2) is 29.2 Å². The Morgan fingerprint density at radius 2 is 2.00 bits per heavy atom. The van der Waals surface area contributed by atoms with Gasteiger partial charge < -0.3 is 11.1 Å². The minimum absolute atomic E-state index is 0.0665. The van der Waals surface area contributed by atoms with Gasteiger partial charge in [-0.2, -0.15) is 13.2 Å². The van der Waals surface area contributed by atoms with Crippen molar-refractivity contribution >= 4 is 15.9 Å². The van der Waals surface area contributed by atoms with Gasteiger partial charge in [0.25, 0.3) is 0 Å². The van der Waals surface area contributed by atoms with E-state index in [1.165, 1.54) is 0 Å². The number of halogens is 3. The van der Waals surface area contributed by atoms with Crippen molar-refractivity contribution < 1.29 is 26.4 Å². The molecule has 10 heteroatoms. The third kappa shape index (κ3) is 6.46. The Morgan fingerprint density at radius 1 is 1.33 bits per heavy atom. The van der Waals surface area contributed by atoms with Crippen molar-refractivity contribution in [1.29, 1.82) is 0 Å². The molecular formula is C14H20F3N3O3S. The van der Waals surface area contributed by atoms with Gasteiger partial charge in [-0.1, -0.05) is 6.07 Å². The van der Waals surface area contributed by atoms with Gasteiger partial charge in [0.2, 0.25) is 15.9 Å². The summed E-state index contributed by atoms with van der Waals surface area (Å²) in [5.74, 6) is -0.272. The van der Waals surface area contributed by atoms with Crippen molar-refractivity contribution in [3.63, 3.8) is 0 Å². The molecular weight excluding hydrogens is 347 g/mol. The highest BCUT2D eigenvalue weighted by atomic mass is 32.2. The van der Waals surface area contributed by atoms with Gasteiger partial charge in [-0.3, -0.25) is 4.79 Å². The highest BCUT2D eigenvalue weighted by molar-refractivity contribution is 7.89. The lowest BCUT2D eigenvalue weighted by atomic mass is 10.2. The molecule has 0 aliphatic carbocycles. The molecule has 24 heavy (non-hydrogen) atoms. The number of nitrogens with two attached hydrogens (primary N) is 1. The Hall–Kier alpha value is -1.65. The van der Waals surface area contributed by atoms with E-state index in [4.69, 9.17) is 5.73 Å². The van der Waals surface area contributed by atoms with E-state index in [-0.39, 0.29) is 37.9 Å². The SMILES string of the molecule is C[C@@H](CN)NC(=O)CCCNS(=O)(=O)c1cccc(C(F)(F)F)c1. The number of benzene rings is 1. The molecule has 1 aromatic rings. The van der Waals surface area contributed by atoms with Gasteiger partial charge in [-0.05, 0) is 31.5 Å². The number of alkyl halides is 3. The average Bonchev–Trinajstić information content (AvgIpc) is 2.50. The number of hydrogen-bond acceptors (Lipinski definition) is 4. The second kappa shape index (κ2) is 8.45. The number of rotatable bonds is 8. The topological polar surface area (TPSA) is 101 Å². The third-order valence-electron chi connectivity index (χ3n) is 3.11. The Bertz CT molecular complexity index is 663. The molecule has 0 bridgehead atoms. The molecule has 0 unspecified atom stereocenters. The van der Waals surface area contributed by atoms with Crippen LogP contribution in [0.1, 0.15) is 25.3 Å². The van der Waals surface area contributed by atoms with Crippen LogP contribution in [0.2, 0.25) is 0 Å². The molecule has 4 N–H and O–H groups in total. The average molecular weight is 367 g/mol. The van der Waals surface area contributed by atoms with E-state index in [0.29, 0.717) is 6.07 Å². The molecule has 0 saturated carbocycles. The van der Waals surface area contributed by atoms with Crippen LogP contribution in [0.5, 0.6) is 0 Å². The van der Waals surface area contributed by atoms with Crippen LogP contribution < -0.4 is 15.8 Å². The van der Waals surface area contributed by atoms with Crippen molar-refractivity contribution in [2.75, 3.05) is 13.1 Å². The van der Waals surface area contributed by atoms with Gasteiger partial charge in [-0.15, -0.1) is 0 Å². The molecule has 0 spiro atoms. The molecule has 0 fully saturated rings. The quantitative estimate of drug-likeness (QED) is 0.602. The van der Waals surface area contributed by atoms with Gasteiger partial charge in [0.05, 0.1) is 10.5 Å². The maximum atomic E-state index is 12.6. The summed E-state index contributed by atoms with van der Waals surface area (Å²) in [6.07, 6.45) is -4.33. The minimum atomic E-state index is -4.62. The predicted octanol–water partition coefficient (Wildman–Crippen LogP) is 1.23. The van der Waals surface area contributed by atoms with Crippen molar-refractivity contribution in [1.82, 2.24) is 10.0 Å². The lowest BCUT2D eigenvalue weighted by Crippen LogP contribution is -2.38. The van der Waals surface area contributed by atoms with Gasteiger partial charge in [0.1, 0.15) is 0 Å². The first-order chi connectivity index (χ1) is 11.1. The number of carbonyl (C=O) groups is 1. The molecule has 1 atom stereocenters. The Morgan fingerprint density at radius 3 is 2.58 bits per heavy atom. The standard InChI is InChI=1S/C14H20F3N3O3S/c1-10(9-18)20-13(21)6-3-7-19-24(22,23)12-5-2-4-11(8-12)14(15,16)17/h2,4-5,8,10,19H,3,6-7,9,18H2,1H3,(H,20,21)/t10-/m0/s1. The molecule has 136 valence electrons. The molecule has 0 aliphatic rings. The molecule has 0 radical (unpaired) electrons. The fourth-order valence-corrected chi connectivity index (χ4v) is 2.90. The summed E-state index contributed by atoms with van der Waals surface area (Å²) in [5, 5.41) is 2.62. The monoisotopic (exact) mass is 367 g/mol. The fourth-order valence-electron chi connectivity index (χ4n) is 1.78. The highest BCUT2D eigenvalue weighted by Crippen LogP contribution is 2.30. The van der Waals surface area contributed by atoms with Crippen LogP contribution in [0.4, 0.5) is 13.2 Å². The molecule has 1 aromatic carbocycles. The summed E-state index contributed by atoms with van der Waals surface area (Å²) < 4.78 is 64.0. The Labute approximate surface area is 138 Å². The molecule has 0 aliphatic heterocycles. The number of nitrogens with one attached hydrogen (secondary N) is 2. The zero-order chi connectivity index (χ0) is 18.4. The molecule has 1 rings (SSSR count). The number of sulfonamides is 1. The van der Waals surface area contributed by atoms with Crippen molar-refractivity contribution in [3.05, 3.63) is 29.8 Å². The van der Waals surface area contributed by atoms with E-state index < -0.39 is 26.7 Å². The number of amides is 1. The van der Waals surface area contributed by atoms with E-state index in [1.54, 1.807) is 6.92 Å². The normalized spacial score (nSPS) is 13.5. The molecule has 6 nitrogen and oxygen atoms in total.